The molecule has 76 heavy (non-hydrogen) atoms. The van der Waals surface area contributed by atoms with E-state index in [0.29, 0.717) is 71.9 Å². The molecule has 0 unspecified atom stereocenters. The minimum absolute atomic E-state index is 0.314. The van der Waals surface area contributed by atoms with Crippen LogP contribution in [0.4, 0.5) is 0 Å². The van der Waals surface area contributed by atoms with Crippen LogP contribution in [0.1, 0.15) is 176 Å². The molecule has 16 heteroatoms. The van der Waals surface area contributed by atoms with Gasteiger partial charge in [0.1, 0.15) is 0 Å². The zero-order valence-corrected chi connectivity index (χ0v) is 49.8. The molecule has 1 heterocycles. The van der Waals surface area contributed by atoms with E-state index in [4.69, 9.17) is 0 Å². The Morgan fingerprint density at radius 1 is 0.211 bits per heavy atom. The Morgan fingerprint density at radius 2 is 0.329 bits per heavy atom. The highest BCUT2D eigenvalue weighted by molar-refractivity contribution is 7.90. The first-order valence-corrected chi connectivity index (χ1v) is 34.5. The molecule has 0 aliphatic carbocycles. The van der Waals surface area contributed by atoms with Crippen LogP contribution in [-0.4, -0.2) is 103 Å². The van der Waals surface area contributed by atoms with Crippen LogP contribution in [-0.2, 0) is 40.1 Å². The number of aryl methyl sites for hydroxylation is 4. The quantitative estimate of drug-likeness (QED) is 0.169. The fourth-order valence-electron chi connectivity index (χ4n) is 9.98. The van der Waals surface area contributed by atoms with Crippen molar-refractivity contribution in [3.05, 3.63) is 119 Å². The van der Waals surface area contributed by atoms with Crippen LogP contribution in [0.15, 0.2) is 117 Å². The Morgan fingerprint density at radius 3 is 0.461 bits per heavy atom. The summed E-state index contributed by atoms with van der Waals surface area (Å²) in [7, 11) is -14.7. The van der Waals surface area contributed by atoms with Gasteiger partial charge in [-0.1, -0.05) is 174 Å². The van der Waals surface area contributed by atoms with E-state index in [9.17, 15) is 33.7 Å². The van der Waals surface area contributed by atoms with E-state index >= 15 is 0 Å². The molecule has 0 radical (unpaired) electrons. The maximum absolute atomic E-state index is 14.0. The van der Waals surface area contributed by atoms with Gasteiger partial charge in [0.05, 0.1) is 19.6 Å². The molecular formula is C60H92N4O8S4. The van der Waals surface area contributed by atoms with Crippen LogP contribution in [0.5, 0.6) is 0 Å². The molecule has 1 saturated heterocycles. The fourth-order valence-corrected chi connectivity index (χ4v) is 16.0. The fraction of sp³-hybridized carbons (Fsp3) is 0.600. The van der Waals surface area contributed by atoms with Gasteiger partial charge < -0.3 is 0 Å². The zero-order chi connectivity index (χ0) is 54.9. The maximum Gasteiger partial charge on any atom is 0.243 e. The maximum atomic E-state index is 14.0. The highest BCUT2D eigenvalue weighted by Gasteiger charge is 2.27. The van der Waals surface area contributed by atoms with Crippen LogP contribution in [0, 0.1) is 27.7 Å². The van der Waals surface area contributed by atoms with E-state index in [1.807, 2.05) is 76.2 Å². The Bertz CT molecular complexity index is 2320. The van der Waals surface area contributed by atoms with E-state index in [2.05, 4.69) is 0 Å². The molecule has 0 aromatic heterocycles. The number of nitrogens with zero attached hydrogens (tertiary/aromatic N) is 4. The number of hydrogen-bond acceptors (Lipinski definition) is 8. The van der Waals surface area contributed by atoms with Crippen molar-refractivity contribution in [1.82, 2.24) is 17.2 Å². The molecular weight excluding hydrogens is 1030 g/mol. The first-order chi connectivity index (χ1) is 36.4. The molecule has 4 aromatic rings. The Hall–Kier alpha value is -3.48. The molecule has 0 saturated carbocycles. The Labute approximate surface area is 461 Å². The van der Waals surface area contributed by atoms with Gasteiger partial charge >= 0.3 is 0 Å². The van der Waals surface area contributed by atoms with Crippen LogP contribution in [0.25, 0.3) is 0 Å². The van der Waals surface area contributed by atoms with Crippen molar-refractivity contribution >= 4 is 40.1 Å². The second-order valence-corrected chi connectivity index (χ2v) is 29.1. The predicted molar refractivity (Wildman–Crippen MR) is 311 cm³/mol. The lowest BCUT2D eigenvalue weighted by atomic mass is 10.1. The summed E-state index contributed by atoms with van der Waals surface area (Å²) in [5, 5.41) is 0. The summed E-state index contributed by atoms with van der Waals surface area (Å²) in [6.07, 6.45) is 20.4. The van der Waals surface area contributed by atoms with Crippen LogP contribution < -0.4 is 0 Å². The smallest absolute Gasteiger partial charge is 0.207 e. The summed E-state index contributed by atoms with van der Waals surface area (Å²) in [5.41, 5.74) is 4.02. The summed E-state index contributed by atoms with van der Waals surface area (Å²) in [4.78, 5) is 1.26. The molecule has 0 amide bonds. The van der Waals surface area contributed by atoms with Crippen molar-refractivity contribution < 1.29 is 33.7 Å². The molecule has 424 valence electrons. The lowest BCUT2D eigenvalue weighted by molar-refractivity contribution is 0.369. The summed E-state index contributed by atoms with van der Waals surface area (Å²) < 4.78 is 118. The average Bonchev–Trinajstić information content (AvgIpc) is 3.39. The van der Waals surface area contributed by atoms with Gasteiger partial charge in [-0.05, 0) is 128 Å². The normalized spacial score (nSPS) is 19.4. The lowest BCUT2D eigenvalue weighted by Crippen LogP contribution is -2.33. The van der Waals surface area contributed by atoms with Crippen LogP contribution in [0.2, 0.25) is 0 Å². The van der Waals surface area contributed by atoms with Gasteiger partial charge in [0, 0.05) is 52.4 Å². The lowest BCUT2D eigenvalue weighted by Gasteiger charge is -2.23. The molecule has 0 bridgehead atoms. The molecule has 1 aliphatic heterocycles. The average molecular weight is 1130 g/mol. The second kappa shape index (κ2) is 32.6. The number of benzene rings is 4. The third kappa shape index (κ3) is 20.6. The van der Waals surface area contributed by atoms with E-state index in [0.717, 1.165) is 176 Å². The van der Waals surface area contributed by atoms with Crippen molar-refractivity contribution in [1.29, 1.82) is 0 Å². The van der Waals surface area contributed by atoms with E-state index < -0.39 is 40.1 Å². The standard InChI is InChI=1S/C60H92N4O8S4/c1-53-29-37-57(38-30-53)73(65,66)61-45-21-13-5-7-15-23-47-62(74(67,68)58-39-31-54(2)32-40-58)49-25-17-9-11-19-27-51-64(76(71,72)60-43-35-56(4)36-44-60)52-28-20-12-10-18-26-50-63(48-24-16-8-6-14-22-46-61)75(69,70)59-41-33-55(3)34-42-59/h29-44H,5-28,45-52H2,1-4H3. The summed E-state index contributed by atoms with van der Waals surface area (Å²) in [6, 6.07) is 28.3. The first-order valence-electron chi connectivity index (χ1n) is 28.7. The highest BCUT2D eigenvalue weighted by atomic mass is 32.2. The van der Waals surface area contributed by atoms with Gasteiger partial charge in [0.15, 0.2) is 0 Å². The SMILES string of the molecule is Cc1ccc(S(=O)(=O)N2CCCCCCCCN(S(=O)(=O)c3ccc(C)cc3)CCCCCCCCN(S(=O)(=O)c3ccc(C)cc3)CCCCCCCCN(S(=O)(=O)c3ccc(C)cc3)CCCCCCCC2)cc1. The third-order valence-corrected chi connectivity index (χ3v) is 22.5. The first kappa shape index (κ1) is 63.4. The van der Waals surface area contributed by atoms with Gasteiger partial charge in [-0.3, -0.25) is 0 Å². The number of rotatable bonds is 8. The molecule has 4 aromatic carbocycles. The topological polar surface area (TPSA) is 150 Å². The molecule has 5 rings (SSSR count). The largest absolute Gasteiger partial charge is 0.243 e. The van der Waals surface area contributed by atoms with Crippen LogP contribution in [0.3, 0.4) is 0 Å². The van der Waals surface area contributed by atoms with Crippen molar-refractivity contribution in [2.24, 2.45) is 0 Å². The Kier molecular flexibility index (Phi) is 27.1. The van der Waals surface area contributed by atoms with E-state index in [-0.39, 0.29) is 0 Å². The number of sulfonamides is 4. The zero-order valence-electron chi connectivity index (χ0n) is 46.6. The van der Waals surface area contributed by atoms with E-state index in [1.165, 1.54) is 0 Å². The van der Waals surface area contributed by atoms with Gasteiger partial charge in [-0.25, -0.2) is 33.7 Å². The van der Waals surface area contributed by atoms with Crippen molar-refractivity contribution in [3.63, 3.8) is 0 Å². The monoisotopic (exact) mass is 1120 g/mol. The third-order valence-electron chi connectivity index (χ3n) is 14.9. The van der Waals surface area contributed by atoms with Gasteiger partial charge in [-0.15, -0.1) is 0 Å². The molecule has 1 aliphatic rings. The minimum Gasteiger partial charge on any atom is -0.207 e. The molecule has 0 N–H and O–H groups in total. The Balaban J connectivity index is 1.23. The van der Waals surface area contributed by atoms with Gasteiger partial charge in [-0.2, -0.15) is 17.2 Å². The molecule has 0 spiro atoms. The van der Waals surface area contributed by atoms with Crippen molar-refractivity contribution in [2.45, 2.75) is 201 Å². The van der Waals surface area contributed by atoms with Crippen LogP contribution >= 0.6 is 0 Å². The van der Waals surface area contributed by atoms with Gasteiger partial charge in [0.25, 0.3) is 0 Å². The van der Waals surface area contributed by atoms with Crippen molar-refractivity contribution in [3.8, 4) is 0 Å². The molecule has 12 nitrogen and oxygen atoms in total. The number of hydrogen-bond donors (Lipinski definition) is 0. The molecule has 1 fully saturated rings. The van der Waals surface area contributed by atoms with E-state index in [1.54, 1.807) is 65.8 Å². The van der Waals surface area contributed by atoms with Gasteiger partial charge in [0.2, 0.25) is 40.1 Å². The second-order valence-electron chi connectivity index (χ2n) is 21.4. The predicted octanol–water partition coefficient (Wildman–Crippen LogP) is 13.4. The summed E-state index contributed by atoms with van der Waals surface area (Å²) in [6.45, 7) is 11.3. The highest BCUT2D eigenvalue weighted by Crippen LogP contribution is 2.25. The minimum atomic E-state index is -3.68. The summed E-state index contributed by atoms with van der Waals surface area (Å²) in [5.74, 6) is 0. The van der Waals surface area contributed by atoms with Crippen molar-refractivity contribution in [2.75, 3.05) is 52.4 Å². The summed E-state index contributed by atoms with van der Waals surface area (Å²) >= 11 is 0. The molecule has 0 atom stereocenters.